The van der Waals surface area contributed by atoms with E-state index in [-0.39, 0.29) is 84.2 Å². The van der Waals surface area contributed by atoms with E-state index in [0.29, 0.717) is 0 Å². The zero-order valence-corrected chi connectivity index (χ0v) is 34.5. The molecule has 26 nitrogen and oxygen atoms in total. The summed E-state index contributed by atoms with van der Waals surface area (Å²) < 4.78 is 133. The molecule has 0 saturated carbocycles. The third kappa shape index (κ3) is 15.4. The van der Waals surface area contributed by atoms with Crippen molar-refractivity contribution in [2.24, 2.45) is 0 Å². The van der Waals surface area contributed by atoms with Gasteiger partial charge in [0.15, 0.2) is 0 Å². The van der Waals surface area contributed by atoms with E-state index in [1.165, 1.54) is 31.2 Å². The van der Waals surface area contributed by atoms with Gasteiger partial charge in [-0.25, -0.2) is 5.48 Å². The van der Waals surface area contributed by atoms with Gasteiger partial charge in [0.05, 0.1) is 17.6 Å². The summed E-state index contributed by atoms with van der Waals surface area (Å²) >= 11 is 0. The van der Waals surface area contributed by atoms with Crippen LogP contribution in [-0.4, -0.2) is 136 Å². The van der Waals surface area contributed by atoms with Crippen molar-refractivity contribution >= 4 is 93.7 Å². The molecule has 0 fully saturated rings. The number of hydrogen-bond acceptors (Lipinski definition) is 22. The molecule has 0 bridgehead atoms. The van der Waals surface area contributed by atoms with E-state index in [1.54, 1.807) is 6.92 Å². The summed E-state index contributed by atoms with van der Waals surface area (Å²) in [6.45, 7) is 2.50. The van der Waals surface area contributed by atoms with Crippen molar-refractivity contribution in [3.63, 3.8) is 0 Å². The normalized spacial score (nSPS) is 13.5. The quantitative estimate of drug-likeness (QED) is 0.0293. The van der Waals surface area contributed by atoms with Crippen LogP contribution in [0.4, 0.5) is 41.1 Å². The van der Waals surface area contributed by atoms with Crippen LogP contribution in [0.2, 0.25) is 0 Å². The van der Waals surface area contributed by atoms with E-state index in [2.05, 4.69) is 56.5 Å². The third-order valence-corrected chi connectivity index (χ3v) is 10.8. The molecule has 0 aliphatic heterocycles. The second-order valence-electron chi connectivity index (χ2n) is 12.6. The standard InChI is InChI=1S/C30H40N12O14S4/c1-17(15-34-44)25-37-26(31-9-11-57(45,46)47)40-29(38-25)35-21-7-5-19(23(13-21)59(51,52)53)3-4-20-6-8-22(14-24(20)60(54,55)56)36-30-41-27(32-10-12-58(48,49)50)39-28(42-30)33-16-18(2)43/h3-8,13-14,17-18,34,43-44H,9-12,15-16H2,1-2H3,(H,45,46,47)(H,48,49,50)(H,51,52,53)(H,54,55,56)(H2,31,35,37,38,40)(H3,32,33,36,39,41,42). The summed E-state index contributed by atoms with van der Waals surface area (Å²) in [7, 11) is -18.6. The van der Waals surface area contributed by atoms with Crippen LogP contribution in [0.1, 0.15) is 36.7 Å². The minimum atomic E-state index is -4.96. The van der Waals surface area contributed by atoms with Gasteiger partial charge < -0.3 is 36.9 Å². The van der Waals surface area contributed by atoms with E-state index in [0.717, 1.165) is 24.3 Å². The van der Waals surface area contributed by atoms with Crippen LogP contribution in [0.5, 0.6) is 0 Å². The van der Waals surface area contributed by atoms with Crippen LogP contribution in [0.25, 0.3) is 12.2 Å². The van der Waals surface area contributed by atoms with Crippen molar-refractivity contribution in [3.8, 4) is 0 Å². The molecule has 0 radical (unpaired) electrons. The molecule has 12 N–H and O–H groups in total. The van der Waals surface area contributed by atoms with E-state index in [1.807, 2.05) is 5.48 Å². The first-order chi connectivity index (χ1) is 27.9. The fourth-order valence-corrected chi connectivity index (χ4v) is 6.91. The molecule has 0 aliphatic carbocycles. The Balaban J connectivity index is 1.65. The van der Waals surface area contributed by atoms with Gasteiger partial charge in [-0.15, -0.1) is 0 Å². The lowest BCUT2D eigenvalue weighted by atomic mass is 10.1. The topological polar surface area (TPSA) is 407 Å². The minimum Gasteiger partial charge on any atom is -0.392 e. The van der Waals surface area contributed by atoms with Gasteiger partial charge in [-0.05, 0) is 42.3 Å². The number of rotatable bonds is 22. The van der Waals surface area contributed by atoms with Gasteiger partial charge in [0.2, 0.25) is 29.7 Å². The SMILES string of the molecule is CC(O)CNc1nc(NCCS(=O)(=O)O)nc(Nc2ccc(C=Cc3ccc(Nc4nc(NCCS(=O)(=O)O)nc(C(C)CNO)n4)cc3S(=O)(=O)O)c(S(=O)(=O)O)c2)n1. The molecule has 0 spiro atoms. The number of nitrogens with zero attached hydrogens (tertiary/aromatic N) is 6. The first kappa shape index (κ1) is 47.4. The number of benzene rings is 2. The predicted molar refractivity (Wildman–Crippen MR) is 216 cm³/mol. The molecule has 0 saturated heterocycles. The first-order valence-electron chi connectivity index (χ1n) is 17.0. The van der Waals surface area contributed by atoms with Crippen molar-refractivity contribution in [1.29, 1.82) is 0 Å². The average Bonchev–Trinajstić information content (AvgIpc) is 3.12. The van der Waals surface area contributed by atoms with Gasteiger partial charge >= 0.3 is 0 Å². The van der Waals surface area contributed by atoms with Crippen molar-refractivity contribution in [1.82, 2.24) is 35.4 Å². The van der Waals surface area contributed by atoms with E-state index < -0.39 is 73.8 Å². The van der Waals surface area contributed by atoms with Gasteiger partial charge in [-0.3, -0.25) is 18.2 Å². The third-order valence-electron chi connectivity index (χ3n) is 7.51. The van der Waals surface area contributed by atoms with Crippen LogP contribution in [0.15, 0.2) is 46.2 Å². The largest absolute Gasteiger partial charge is 0.392 e. The Kier molecular flexibility index (Phi) is 15.7. The lowest BCUT2D eigenvalue weighted by molar-refractivity contribution is 0.160. The Bertz CT molecular complexity index is 2650. The highest BCUT2D eigenvalue weighted by Gasteiger charge is 2.20. The summed E-state index contributed by atoms with van der Waals surface area (Å²) in [5.74, 6) is -2.58. The summed E-state index contributed by atoms with van der Waals surface area (Å²) in [4.78, 5) is 23.5. The van der Waals surface area contributed by atoms with Crippen LogP contribution >= 0.6 is 0 Å². The molecule has 328 valence electrons. The molecule has 4 rings (SSSR count). The summed E-state index contributed by atoms with van der Waals surface area (Å²) in [5.41, 5.74) is 1.70. The Hall–Kier alpha value is -5.28. The molecule has 2 atom stereocenters. The average molecular weight is 921 g/mol. The maximum Gasteiger partial charge on any atom is 0.295 e. The van der Waals surface area contributed by atoms with Crippen LogP contribution in [0, 0.1) is 0 Å². The molecule has 2 aromatic carbocycles. The van der Waals surface area contributed by atoms with E-state index >= 15 is 0 Å². The number of nitrogens with one attached hydrogen (secondary N) is 6. The number of hydroxylamine groups is 1. The van der Waals surface area contributed by atoms with Crippen molar-refractivity contribution in [3.05, 3.63) is 53.3 Å². The number of hydrogen-bond donors (Lipinski definition) is 12. The second-order valence-corrected chi connectivity index (χ2v) is 18.5. The molecule has 0 amide bonds. The van der Waals surface area contributed by atoms with E-state index in [9.17, 15) is 47.9 Å². The Morgan fingerprint density at radius 2 is 0.983 bits per heavy atom. The number of aliphatic hydroxyl groups excluding tert-OH is 1. The van der Waals surface area contributed by atoms with Gasteiger partial charge in [0, 0.05) is 43.5 Å². The van der Waals surface area contributed by atoms with E-state index in [4.69, 9.17) is 14.3 Å². The zero-order chi connectivity index (χ0) is 44.5. The lowest BCUT2D eigenvalue weighted by Crippen LogP contribution is -2.20. The molecule has 30 heteroatoms. The first-order valence-corrected chi connectivity index (χ1v) is 23.1. The van der Waals surface area contributed by atoms with Crippen LogP contribution in [-0.2, 0) is 40.5 Å². The van der Waals surface area contributed by atoms with Gasteiger partial charge in [-0.1, -0.05) is 31.2 Å². The molecular weight excluding hydrogens is 881 g/mol. The molecule has 2 heterocycles. The minimum absolute atomic E-state index is 0.00526. The fourth-order valence-electron chi connectivity index (χ4n) is 4.77. The van der Waals surface area contributed by atoms with Gasteiger partial charge in [-0.2, -0.15) is 63.6 Å². The highest BCUT2D eigenvalue weighted by atomic mass is 32.2. The number of anilines is 7. The lowest BCUT2D eigenvalue weighted by Gasteiger charge is -2.14. The molecule has 2 aromatic heterocycles. The zero-order valence-electron chi connectivity index (χ0n) is 31.3. The Labute approximate surface area is 343 Å². The van der Waals surface area contributed by atoms with Crippen molar-refractivity contribution in [2.75, 3.05) is 64.3 Å². The highest BCUT2D eigenvalue weighted by Crippen LogP contribution is 2.28. The van der Waals surface area contributed by atoms with Crippen LogP contribution < -0.4 is 32.1 Å². The Morgan fingerprint density at radius 3 is 1.40 bits per heavy atom. The molecule has 60 heavy (non-hydrogen) atoms. The second kappa shape index (κ2) is 19.9. The molecular formula is C30H40N12O14S4. The van der Waals surface area contributed by atoms with Crippen molar-refractivity contribution < 1.29 is 62.2 Å². The number of aliphatic hydroxyl groups is 1. The van der Waals surface area contributed by atoms with Gasteiger partial charge in [0.25, 0.3) is 40.5 Å². The molecule has 0 aliphatic rings. The highest BCUT2D eigenvalue weighted by molar-refractivity contribution is 7.86. The number of aromatic nitrogens is 6. The predicted octanol–water partition coefficient (Wildman–Crippen LogP) is 0.682. The Morgan fingerprint density at radius 1 is 0.583 bits per heavy atom. The van der Waals surface area contributed by atoms with Gasteiger partial charge in [0.1, 0.15) is 15.6 Å². The monoisotopic (exact) mass is 920 g/mol. The molecule has 2 unspecified atom stereocenters. The fraction of sp³-hybridized carbons (Fsp3) is 0.333. The summed E-state index contributed by atoms with van der Waals surface area (Å²) in [6.07, 6.45) is 1.45. The van der Waals surface area contributed by atoms with Crippen LogP contribution in [0.3, 0.4) is 0 Å². The van der Waals surface area contributed by atoms with Crippen molar-refractivity contribution in [2.45, 2.75) is 35.7 Å². The summed E-state index contributed by atoms with van der Waals surface area (Å²) in [6, 6.07) is 7.17. The molecule has 4 aromatic rings. The maximum atomic E-state index is 12.5. The smallest absolute Gasteiger partial charge is 0.295 e. The summed E-state index contributed by atoms with van der Waals surface area (Å²) in [5, 5.41) is 32.2. The maximum absolute atomic E-state index is 12.5.